The van der Waals surface area contributed by atoms with E-state index < -0.39 is 11.7 Å². The van der Waals surface area contributed by atoms with Gasteiger partial charge in [-0.1, -0.05) is 12.1 Å². The highest BCUT2D eigenvalue weighted by Crippen LogP contribution is 2.42. The minimum absolute atomic E-state index is 0.251. The van der Waals surface area contributed by atoms with Crippen LogP contribution >= 0.6 is 22.6 Å². The molecule has 0 saturated heterocycles. The van der Waals surface area contributed by atoms with Gasteiger partial charge in [0.1, 0.15) is 5.82 Å². The van der Waals surface area contributed by atoms with Crippen LogP contribution in [0, 0.1) is 3.57 Å². The summed E-state index contributed by atoms with van der Waals surface area (Å²) in [6.45, 7) is 0. The van der Waals surface area contributed by atoms with Crippen molar-refractivity contribution in [3.8, 4) is 11.4 Å². The normalized spacial score (nSPS) is 15.2. The third-order valence-electron chi connectivity index (χ3n) is 3.31. The lowest BCUT2D eigenvalue weighted by molar-refractivity contribution is -0.137. The van der Waals surface area contributed by atoms with Crippen molar-refractivity contribution >= 4 is 28.4 Å². The van der Waals surface area contributed by atoms with Gasteiger partial charge in [-0.15, -0.1) is 0 Å². The van der Waals surface area contributed by atoms with Gasteiger partial charge in [-0.25, -0.2) is 9.97 Å². The first-order valence-electron chi connectivity index (χ1n) is 6.37. The third kappa shape index (κ3) is 2.97. The molecule has 2 N–H and O–H groups in total. The number of nitrogens with two attached hydrogens (primary N) is 1. The minimum Gasteiger partial charge on any atom is -0.383 e. The molecule has 110 valence electrons. The van der Waals surface area contributed by atoms with Gasteiger partial charge in [0, 0.05) is 11.5 Å². The molecule has 0 atom stereocenters. The number of hydrogen-bond acceptors (Lipinski definition) is 3. The molecule has 3 rings (SSSR count). The van der Waals surface area contributed by atoms with E-state index in [9.17, 15) is 13.2 Å². The Morgan fingerprint density at radius 1 is 1.19 bits per heavy atom. The van der Waals surface area contributed by atoms with E-state index in [1.54, 1.807) is 6.07 Å². The van der Waals surface area contributed by atoms with Crippen LogP contribution in [0.4, 0.5) is 19.0 Å². The molecule has 0 unspecified atom stereocenters. The van der Waals surface area contributed by atoms with E-state index in [0.717, 1.165) is 34.2 Å². The number of halogens is 4. The number of nitrogen functional groups attached to an aromatic ring is 1. The quantitative estimate of drug-likeness (QED) is 0.762. The highest BCUT2D eigenvalue weighted by atomic mass is 127. The summed E-state index contributed by atoms with van der Waals surface area (Å²) in [7, 11) is 0. The van der Waals surface area contributed by atoms with Crippen LogP contribution in [0.1, 0.15) is 30.0 Å². The summed E-state index contributed by atoms with van der Waals surface area (Å²) in [5.41, 5.74) is 6.32. The first kappa shape index (κ1) is 14.6. The molecule has 1 aromatic carbocycles. The number of benzene rings is 1. The van der Waals surface area contributed by atoms with Gasteiger partial charge >= 0.3 is 6.18 Å². The highest BCUT2D eigenvalue weighted by Gasteiger charge is 2.32. The topological polar surface area (TPSA) is 51.8 Å². The van der Waals surface area contributed by atoms with E-state index in [0.29, 0.717) is 17.3 Å². The number of hydrogen-bond donors (Lipinski definition) is 1. The molecule has 0 aliphatic heterocycles. The van der Waals surface area contributed by atoms with Gasteiger partial charge in [-0.3, -0.25) is 0 Å². The molecule has 1 saturated carbocycles. The van der Waals surface area contributed by atoms with Crippen LogP contribution in [-0.2, 0) is 6.18 Å². The minimum atomic E-state index is -4.38. The Labute approximate surface area is 132 Å². The molecular formula is C14H11F3IN3. The highest BCUT2D eigenvalue weighted by molar-refractivity contribution is 14.1. The molecule has 1 aliphatic carbocycles. The molecule has 0 bridgehead atoms. The first-order chi connectivity index (χ1) is 9.86. The van der Waals surface area contributed by atoms with Gasteiger partial charge in [-0.05, 0) is 47.6 Å². The standard InChI is InChI=1S/C14H11F3IN3/c15-14(16,17)9-3-1-2-8(6-9)13-20-11(7-4-5-7)10(18)12(19)21-13/h1-3,6-7H,4-5H2,(H2,19,20,21). The van der Waals surface area contributed by atoms with Crippen molar-refractivity contribution in [2.75, 3.05) is 5.73 Å². The van der Waals surface area contributed by atoms with Gasteiger partial charge in [0.05, 0.1) is 14.8 Å². The fourth-order valence-corrected chi connectivity index (χ4v) is 2.76. The summed E-state index contributed by atoms with van der Waals surface area (Å²) >= 11 is 2.09. The predicted molar refractivity (Wildman–Crippen MR) is 81.6 cm³/mol. The second-order valence-corrected chi connectivity index (χ2v) is 6.06. The summed E-state index contributed by atoms with van der Waals surface area (Å²) in [5.74, 6) is 0.924. The van der Waals surface area contributed by atoms with E-state index in [2.05, 4.69) is 32.6 Å². The van der Waals surface area contributed by atoms with E-state index >= 15 is 0 Å². The molecule has 3 nitrogen and oxygen atoms in total. The van der Waals surface area contributed by atoms with E-state index in [1.807, 2.05) is 0 Å². The van der Waals surface area contributed by atoms with E-state index in [1.165, 1.54) is 6.07 Å². The molecule has 1 heterocycles. The van der Waals surface area contributed by atoms with Gasteiger partial charge in [0.15, 0.2) is 5.82 Å². The zero-order chi connectivity index (χ0) is 15.2. The van der Waals surface area contributed by atoms with Gasteiger partial charge in [0.25, 0.3) is 0 Å². The molecule has 0 radical (unpaired) electrons. The smallest absolute Gasteiger partial charge is 0.383 e. The van der Waals surface area contributed by atoms with Gasteiger partial charge in [-0.2, -0.15) is 13.2 Å². The molecule has 0 amide bonds. The Morgan fingerprint density at radius 2 is 1.90 bits per heavy atom. The summed E-state index contributed by atoms with van der Waals surface area (Å²) in [5, 5.41) is 0. The van der Waals surface area contributed by atoms with Gasteiger partial charge < -0.3 is 5.73 Å². The summed E-state index contributed by atoms with van der Waals surface area (Å²) in [6, 6.07) is 5.00. The Bertz CT molecular complexity index is 696. The van der Waals surface area contributed by atoms with Crippen molar-refractivity contribution in [1.82, 2.24) is 9.97 Å². The Morgan fingerprint density at radius 3 is 2.52 bits per heavy atom. The number of rotatable bonds is 2. The summed E-state index contributed by atoms with van der Waals surface area (Å²) < 4.78 is 39.1. The Kier molecular flexibility index (Phi) is 3.54. The molecule has 1 aromatic heterocycles. The predicted octanol–water partition coefficient (Wildman–Crippen LogP) is 4.23. The number of anilines is 1. The van der Waals surface area contributed by atoms with E-state index in [-0.39, 0.29) is 5.82 Å². The molecule has 1 aliphatic rings. The van der Waals surface area contributed by atoms with Crippen LogP contribution in [0.2, 0.25) is 0 Å². The number of alkyl halides is 3. The second-order valence-electron chi connectivity index (χ2n) is 4.98. The van der Waals surface area contributed by atoms with Crippen LogP contribution in [-0.4, -0.2) is 9.97 Å². The molecular weight excluding hydrogens is 394 g/mol. The Balaban J connectivity index is 2.08. The average molecular weight is 405 g/mol. The zero-order valence-corrected chi connectivity index (χ0v) is 12.9. The lowest BCUT2D eigenvalue weighted by Crippen LogP contribution is -2.07. The number of aromatic nitrogens is 2. The maximum atomic E-state index is 12.8. The average Bonchev–Trinajstić information content (AvgIpc) is 3.25. The van der Waals surface area contributed by atoms with Crippen LogP contribution in [0.15, 0.2) is 24.3 Å². The summed E-state index contributed by atoms with van der Waals surface area (Å²) in [6.07, 6.45) is -2.31. The lowest BCUT2D eigenvalue weighted by atomic mass is 10.1. The van der Waals surface area contributed by atoms with Crippen molar-refractivity contribution in [3.63, 3.8) is 0 Å². The molecule has 21 heavy (non-hydrogen) atoms. The molecule has 7 heteroatoms. The zero-order valence-electron chi connectivity index (χ0n) is 10.8. The molecule has 0 spiro atoms. The third-order valence-corrected chi connectivity index (χ3v) is 4.42. The largest absolute Gasteiger partial charge is 0.416 e. The SMILES string of the molecule is Nc1nc(-c2cccc(C(F)(F)F)c2)nc(C2CC2)c1I. The fraction of sp³-hybridized carbons (Fsp3) is 0.286. The summed E-state index contributed by atoms with van der Waals surface area (Å²) in [4.78, 5) is 8.55. The van der Waals surface area contributed by atoms with Crippen LogP contribution < -0.4 is 5.73 Å². The van der Waals surface area contributed by atoms with Crippen molar-refractivity contribution in [1.29, 1.82) is 0 Å². The molecule has 1 fully saturated rings. The number of nitrogens with zero attached hydrogens (tertiary/aromatic N) is 2. The van der Waals surface area contributed by atoms with Crippen molar-refractivity contribution in [2.45, 2.75) is 24.9 Å². The second kappa shape index (κ2) is 5.11. The first-order valence-corrected chi connectivity index (χ1v) is 7.44. The fourth-order valence-electron chi connectivity index (χ4n) is 2.07. The van der Waals surface area contributed by atoms with Crippen molar-refractivity contribution in [3.05, 3.63) is 39.1 Å². The monoisotopic (exact) mass is 405 g/mol. The van der Waals surface area contributed by atoms with Gasteiger partial charge in [0.2, 0.25) is 0 Å². The van der Waals surface area contributed by atoms with Crippen LogP contribution in [0.25, 0.3) is 11.4 Å². The van der Waals surface area contributed by atoms with Crippen LogP contribution in [0.3, 0.4) is 0 Å². The molecule has 2 aromatic rings. The maximum Gasteiger partial charge on any atom is 0.416 e. The van der Waals surface area contributed by atoms with Crippen molar-refractivity contribution < 1.29 is 13.2 Å². The van der Waals surface area contributed by atoms with Crippen LogP contribution in [0.5, 0.6) is 0 Å². The Hall–Kier alpha value is -1.38. The lowest BCUT2D eigenvalue weighted by Gasteiger charge is -2.10. The van der Waals surface area contributed by atoms with Crippen molar-refractivity contribution in [2.24, 2.45) is 0 Å². The van der Waals surface area contributed by atoms with E-state index in [4.69, 9.17) is 5.73 Å². The maximum absolute atomic E-state index is 12.8.